The van der Waals surface area contributed by atoms with Crippen LogP contribution >= 0.6 is 0 Å². The van der Waals surface area contributed by atoms with E-state index in [0.717, 1.165) is 13.8 Å². The molecular formula is C10H16Ca2O8. The molecule has 0 saturated carbocycles. The Morgan fingerprint density at radius 3 is 0.700 bits per heavy atom. The summed E-state index contributed by atoms with van der Waals surface area (Å²) in [6.07, 6.45) is 0.222. The first-order valence-corrected chi connectivity index (χ1v) is 4.75. The molecule has 0 saturated heterocycles. The zero-order valence-electron chi connectivity index (χ0n) is 12.1. The SMILES string of the molecule is CC(=O)[O-].CC(=O)[O-].CCC(=O)[O-].CCC(=O)[O-].[Ca+2].[Ca+2]. The van der Waals surface area contributed by atoms with Crippen LogP contribution in [0.2, 0.25) is 0 Å². The number of carbonyl (C=O) groups excluding carboxylic acids is 4. The third-order valence-corrected chi connectivity index (χ3v) is 0.577. The minimum absolute atomic E-state index is 0. The summed E-state index contributed by atoms with van der Waals surface area (Å²) >= 11 is 0. The molecule has 0 fully saturated rings. The summed E-state index contributed by atoms with van der Waals surface area (Å²) in [5, 5.41) is 36.3. The fourth-order valence-electron chi connectivity index (χ4n) is 0. The molecule has 0 aliphatic carbocycles. The van der Waals surface area contributed by atoms with Crippen LogP contribution in [0, 0.1) is 0 Å². The van der Waals surface area contributed by atoms with Gasteiger partial charge in [0.15, 0.2) is 0 Å². The van der Waals surface area contributed by atoms with Gasteiger partial charge in [0.25, 0.3) is 0 Å². The molecule has 0 spiro atoms. The van der Waals surface area contributed by atoms with Crippen LogP contribution in [-0.2, 0) is 19.2 Å². The third-order valence-electron chi connectivity index (χ3n) is 0.577. The maximum Gasteiger partial charge on any atom is 2.00 e. The fourth-order valence-corrected chi connectivity index (χ4v) is 0. The van der Waals surface area contributed by atoms with E-state index >= 15 is 0 Å². The molecule has 0 bridgehead atoms. The number of carboxylic acids is 4. The van der Waals surface area contributed by atoms with Gasteiger partial charge in [0.1, 0.15) is 0 Å². The Bertz CT molecular complexity index is 222. The van der Waals surface area contributed by atoms with E-state index in [1.807, 2.05) is 0 Å². The number of hydrogen-bond donors (Lipinski definition) is 0. The first-order valence-electron chi connectivity index (χ1n) is 4.75. The Balaban J connectivity index is -0.0000000318. The van der Waals surface area contributed by atoms with E-state index in [1.165, 1.54) is 13.8 Å². The summed E-state index contributed by atoms with van der Waals surface area (Å²) in [6, 6.07) is 0. The second-order valence-electron chi connectivity index (χ2n) is 2.43. The quantitative estimate of drug-likeness (QED) is 0.450. The Kier molecular flexibility index (Phi) is 58.6. The van der Waals surface area contributed by atoms with E-state index in [-0.39, 0.29) is 88.3 Å². The molecular weight excluding hydrogens is 328 g/mol. The number of rotatable bonds is 2. The average Bonchev–Trinajstić information content (AvgIpc) is 2.16. The molecule has 0 N–H and O–H groups in total. The second kappa shape index (κ2) is 31.7. The van der Waals surface area contributed by atoms with Gasteiger partial charge in [0.2, 0.25) is 0 Å². The predicted octanol–water partition coefficient (Wildman–Crippen LogP) is -4.96. The molecule has 0 radical (unpaired) electrons. The van der Waals surface area contributed by atoms with Crippen LogP contribution in [0.15, 0.2) is 0 Å². The zero-order valence-corrected chi connectivity index (χ0v) is 16.5. The number of hydrogen-bond acceptors (Lipinski definition) is 8. The number of aliphatic carboxylic acids is 4. The average molecular weight is 344 g/mol. The third kappa shape index (κ3) is 288. The van der Waals surface area contributed by atoms with Crippen LogP contribution in [-0.4, -0.2) is 99.4 Å². The number of carboxylic acid groups (broad SMARTS) is 4. The van der Waals surface area contributed by atoms with Gasteiger partial charge in [0.05, 0.1) is 0 Å². The van der Waals surface area contributed by atoms with E-state index in [2.05, 4.69) is 0 Å². The molecule has 0 atom stereocenters. The fraction of sp³-hybridized carbons (Fsp3) is 0.600. The normalized spacial score (nSPS) is 6.20. The Morgan fingerprint density at radius 1 is 0.650 bits per heavy atom. The first kappa shape index (κ1) is 37.0. The molecule has 0 aromatic rings. The Labute approximate surface area is 177 Å². The molecule has 10 heteroatoms. The molecule has 0 amide bonds. The minimum atomic E-state index is -1.08. The summed E-state index contributed by atoms with van der Waals surface area (Å²) in [4.78, 5) is 36.3. The molecule has 0 aromatic carbocycles. The minimum Gasteiger partial charge on any atom is -0.550 e. The molecule has 108 valence electrons. The summed E-state index contributed by atoms with van der Waals surface area (Å²) in [6.45, 7) is 5.02. The van der Waals surface area contributed by atoms with Crippen LogP contribution in [0.25, 0.3) is 0 Å². The van der Waals surface area contributed by atoms with E-state index in [1.54, 1.807) is 0 Å². The van der Waals surface area contributed by atoms with E-state index < -0.39 is 23.9 Å². The van der Waals surface area contributed by atoms with Crippen molar-refractivity contribution in [2.45, 2.75) is 40.5 Å². The van der Waals surface area contributed by atoms with Crippen LogP contribution in [0.3, 0.4) is 0 Å². The largest absolute Gasteiger partial charge is 2.00 e. The van der Waals surface area contributed by atoms with Gasteiger partial charge in [-0.1, -0.05) is 13.8 Å². The standard InChI is InChI=1S/2C3H6O2.2C2H4O2.2Ca/c2*1-2-3(4)5;2*1-2(3)4;;/h2*2H2,1H3,(H,4,5);2*1H3,(H,3,4);;/q;;;;2*+2/p-4. The van der Waals surface area contributed by atoms with Gasteiger partial charge < -0.3 is 39.6 Å². The van der Waals surface area contributed by atoms with Crippen molar-refractivity contribution in [2.24, 2.45) is 0 Å². The van der Waals surface area contributed by atoms with Crippen molar-refractivity contribution in [2.75, 3.05) is 0 Å². The van der Waals surface area contributed by atoms with Gasteiger partial charge in [-0.05, 0) is 26.7 Å². The Morgan fingerprint density at radius 2 is 0.700 bits per heavy atom. The van der Waals surface area contributed by atoms with Crippen molar-refractivity contribution in [3.63, 3.8) is 0 Å². The summed E-state index contributed by atoms with van der Waals surface area (Å²) < 4.78 is 0. The van der Waals surface area contributed by atoms with Crippen molar-refractivity contribution < 1.29 is 39.6 Å². The van der Waals surface area contributed by atoms with Crippen LogP contribution < -0.4 is 20.4 Å². The molecule has 8 nitrogen and oxygen atoms in total. The van der Waals surface area contributed by atoms with Crippen LogP contribution in [0.5, 0.6) is 0 Å². The Hall–Kier alpha value is 0.399. The maximum atomic E-state index is 9.26. The maximum absolute atomic E-state index is 9.26. The van der Waals surface area contributed by atoms with Crippen molar-refractivity contribution in [1.82, 2.24) is 0 Å². The summed E-state index contributed by atoms with van der Waals surface area (Å²) in [7, 11) is 0. The van der Waals surface area contributed by atoms with Crippen molar-refractivity contribution >= 4 is 99.4 Å². The monoisotopic (exact) mass is 344 g/mol. The smallest absolute Gasteiger partial charge is 0.550 e. The van der Waals surface area contributed by atoms with Gasteiger partial charge in [-0.15, -0.1) is 0 Å². The van der Waals surface area contributed by atoms with Gasteiger partial charge >= 0.3 is 75.5 Å². The van der Waals surface area contributed by atoms with E-state index in [0.29, 0.717) is 0 Å². The van der Waals surface area contributed by atoms with Crippen LogP contribution in [0.4, 0.5) is 0 Å². The molecule has 0 aliphatic heterocycles. The predicted molar refractivity (Wildman–Crippen MR) is 63.5 cm³/mol. The molecule has 0 rings (SSSR count). The topological polar surface area (TPSA) is 161 Å². The number of carbonyl (C=O) groups is 4. The van der Waals surface area contributed by atoms with Crippen molar-refractivity contribution in [3.8, 4) is 0 Å². The van der Waals surface area contributed by atoms with Crippen molar-refractivity contribution in [3.05, 3.63) is 0 Å². The molecule has 0 aromatic heterocycles. The summed E-state index contributed by atoms with van der Waals surface area (Å²) in [5.41, 5.74) is 0. The molecule has 0 unspecified atom stereocenters. The van der Waals surface area contributed by atoms with E-state index in [4.69, 9.17) is 19.8 Å². The van der Waals surface area contributed by atoms with Gasteiger partial charge in [0, 0.05) is 23.9 Å². The van der Waals surface area contributed by atoms with Crippen LogP contribution in [0.1, 0.15) is 40.5 Å². The second-order valence-corrected chi connectivity index (χ2v) is 2.43. The summed E-state index contributed by atoms with van der Waals surface area (Å²) in [5.74, 6) is -4.16. The zero-order chi connectivity index (χ0) is 15.7. The molecule has 20 heavy (non-hydrogen) atoms. The van der Waals surface area contributed by atoms with Gasteiger partial charge in [-0.25, -0.2) is 0 Å². The molecule has 0 aliphatic rings. The van der Waals surface area contributed by atoms with E-state index in [9.17, 15) is 19.8 Å². The van der Waals surface area contributed by atoms with Gasteiger partial charge in [-0.2, -0.15) is 0 Å². The molecule has 0 heterocycles. The van der Waals surface area contributed by atoms with Gasteiger partial charge in [-0.3, -0.25) is 0 Å². The van der Waals surface area contributed by atoms with Crippen molar-refractivity contribution in [1.29, 1.82) is 0 Å². The first-order chi connectivity index (χ1) is 8.00.